The maximum Gasteiger partial charge on any atom is 0.0674 e. The molecule has 88 valence electrons. The van der Waals surface area contributed by atoms with Gasteiger partial charge in [-0.15, -0.1) is 0 Å². The van der Waals surface area contributed by atoms with Gasteiger partial charge in [-0.2, -0.15) is 0 Å². The molecule has 1 fully saturated rings. The lowest BCUT2D eigenvalue weighted by molar-refractivity contribution is -0.0212. The molecule has 0 N–H and O–H groups in total. The van der Waals surface area contributed by atoms with Crippen molar-refractivity contribution >= 4 is 23.2 Å². The molecule has 16 heavy (non-hydrogen) atoms. The molecule has 1 aliphatic rings. The van der Waals surface area contributed by atoms with Gasteiger partial charge in [0, 0.05) is 19.6 Å². The van der Waals surface area contributed by atoms with Crippen molar-refractivity contribution < 1.29 is 4.74 Å². The van der Waals surface area contributed by atoms with Crippen LogP contribution in [0.1, 0.15) is 12.5 Å². The fourth-order valence-corrected chi connectivity index (χ4v) is 2.25. The molecular formula is C12H15Cl2NO. The summed E-state index contributed by atoms with van der Waals surface area (Å²) < 4.78 is 5.50. The van der Waals surface area contributed by atoms with E-state index in [0.29, 0.717) is 16.1 Å². The van der Waals surface area contributed by atoms with E-state index in [9.17, 15) is 0 Å². The Morgan fingerprint density at radius 3 is 2.88 bits per heavy atom. The largest absolute Gasteiger partial charge is 0.376 e. The molecule has 0 saturated carbocycles. The SMILES string of the molecule is C[C@H]1CN(Cc2ccc(Cl)c(Cl)c2)CCO1. The Morgan fingerprint density at radius 2 is 2.19 bits per heavy atom. The zero-order valence-electron chi connectivity index (χ0n) is 9.25. The number of rotatable bonds is 2. The minimum Gasteiger partial charge on any atom is -0.376 e. The van der Waals surface area contributed by atoms with Gasteiger partial charge in [0.15, 0.2) is 0 Å². The Kier molecular flexibility index (Phi) is 4.09. The van der Waals surface area contributed by atoms with Crippen molar-refractivity contribution in [3.05, 3.63) is 33.8 Å². The van der Waals surface area contributed by atoms with Crippen LogP contribution in [-0.2, 0) is 11.3 Å². The summed E-state index contributed by atoms with van der Waals surface area (Å²) in [6.45, 7) is 5.76. The molecule has 0 spiro atoms. The smallest absolute Gasteiger partial charge is 0.0674 e. The standard InChI is InChI=1S/C12H15Cl2NO/c1-9-7-15(4-5-16-9)8-10-2-3-11(13)12(14)6-10/h2-3,6,9H,4-5,7-8H2,1H3/t9-/m0/s1. The molecule has 1 aromatic rings. The van der Waals surface area contributed by atoms with Gasteiger partial charge in [0.05, 0.1) is 22.8 Å². The molecule has 0 aromatic heterocycles. The molecule has 0 radical (unpaired) electrons. The summed E-state index contributed by atoms with van der Waals surface area (Å²) in [5, 5.41) is 1.24. The summed E-state index contributed by atoms with van der Waals surface area (Å²) in [6, 6.07) is 5.81. The van der Waals surface area contributed by atoms with E-state index in [1.807, 2.05) is 18.2 Å². The Bertz CT molecular complexity index is 370. The van der Waals surface area contributed by atoms with E-state index >= 15 is 0 Å². The molecular weight excluding hydrogens is 245 g/mol. The number of benzene rings is 1. The third-order valence-corrected chi connectivity index (χ3v) is 3.45. The van der Waals surface area contributed by atoms with Gasteiger partial charge in [-0.1, -0.05) is 29.3 Å². The summed E-state index contributed by atoms with van der Waals surface area (Å²) in [6.07, 6.45) is 0.316. The number of nitrogens with zero attached hydrogens (tertiary/aromatic N) is 1. The molecule has 1 saturated heterocycles. The van der Waals surface area contributed by atoms with Gasteiger partial charge >= 0.3 is 0 Å². The molecule has 1 heterocycles. The highest BCUT2D eigenvalue weighted by Crippen LogP contribution is 2.23. The number of hydrogen-bond donors (Lipinski definition) is 0. The molecule has 0 amide bonds. The molecule has 1 atom stereocenters. The Morgan fingerprint density at radius 1 is 1.38 bits per heavy atom. The highest BCUT2D eigenvalue weighted by atomic mass is 35.5. The first-order valence-corrected chi connectivity index (χ1v) is 6.18. The van der Waals surface area contributed by atoms with Crippen LogP contribution in [0.3, 0.4) is 0 Å². The average molecular weight is 260 g/mol. The van der Waals surface area contributed by atoms with Gasteiger partial charge in [-0.25, -0.2) is 0 Å². The first-order chi connectivity index (χ1) is 7.65. The van der Waals surface area contributed by atoms with E-state index < -0.39 is 0 Å². The normalized spacial score (nSPS) is 22.3. The van der Waals surface area contributed by atoms with Gasteiger partial charge in [-0.3, -0.25) is 4.90 Å². The van der Waals surface area contributed by atoms with Crippen molar-refractivity contribution in [1.82, 2.24) is 4.90 Å². The highest BCUT2D eigenvalue weighted by molar-refractivity contribution is 6.42. The van der Waals surface area contributed by atoms with E-state index in [1.165, 1.54) is 5.56 Å². The minimum absolute atomic E-state index is 0.316. The minimum atomic E-state index is 0.316. The summed E-state index contributed by atoms with van der Waals surface area (Å²) in [4.78, 5) is 2.37. The molecule has 0 bridgehead atoms. The second-order valence-electron chi connectivity index (χ2n) is 4.16. The molecule has 0 aliphatic carbocycles. The topological polar surface area (TPSA) is 12.5 Å². The molecule has 4 heteroatoms. The Hall–Kier alpha value is -0.280. The first-order valence-electron chi connectivity index (χ1n) is 5.43. The summed E-state index contributed by atoms with van der Waals surface area (Å²) in [5.74, 6) is 0. The lowest BCUT2D eigenvalue weighted by atomic mass is 10.2. The second kappa shape index (κ2) is 5.37. The van der Waals surface area contributed by atoms with E-state index in [-0.39, 0.29) is 0 Å². The van der Waals surface area contributed by atoms with Gasteiger partial charge in [0.1, 0.15) is 0 Å². The monoisotopic (exact) mass is 259 g/mol. The van der Waals surface area contributed by atoms with Crippen molar-refractivity contribution in [2.75, 3.05) is 19.7 Å². The fraction of sp³-hybridized carbons (Fsp3) is 0.500. The van der Waals surface area contributed by atoms with Crippen LogP contribution in [0.15, 0.2) is 18.2 Å². The predicted molar refractivity (Wildman–Crippen MR) is 67.2 cm³/mol. The Labute approximate surface area is 106 Å². The number of morpholine rings is 1. The van der Waals surface area contributed by atoms with Crippen LogP contribution in [-0.4, -0.2) is 30.7 Å². The zero-order chi connectivity index (χ0) is 11.5. The molecule has 0 unspecified atom stereocenters. The van der Waals surface area contributed by atoms with Crippen LogP contribution in [0.5, 0.6) is 0 Å². The van der Waals surface area contributed by atoms with Crippen LogP contribution in [0.25, 0.3) is 0 Å². The van der Waals surface area contributed by atoms with Crippen molar-refractivity contribution in [3.8, 4) is 0 Å². The van der Waals surface area contributed by atoms with Gasteiger partial charge in [-0.05, 0) is 24.6 Å². The van der Waals surface area contributed by atoms with Crippen molar-refractivity contribution in [1.29, 1.82) is 0 Å². The lowest BCUT2D eigenvalue weighted by Crippen LogP contribution is -2.40. The molecule has 2 nitrogen and oxygen atoms in total. The van der Waals surface area contributed by atoms with Crippen molar-refractivity contribution in [2.24, 2.45) is 0 Å². The number of halogens is 2. The van der Waals surface area contributed by atoms with E-state index in [1.54, 1.807) is 0 Å². The molecule has 2 rings (SSSR count). The van der Waals surface area contributed by atoms with Gasteiger partial charge in [0.25, 0.3) is 0 Å². The van der Waals surface area contributed by atoms with E-state index in [0.717, 1.165) is 26.2 Å². The predicted octanol–water partition coefficient (Wildman–Crippen LogP) is 3.21. The van der Waals surface area contributed by atoms with Crippen LogP contribution >= 0.6 is 23.2 Å². The Balaban J connectivity index is 2.00. The van der Waals surface area contributed by atoms with E-state index in [2.05, 4.69) is 11.8 Å². The third kappa shape index (κ3) is 3.11. The summed E-state index contributed by atoms with van der Waals surface area (Å²) in [7, 11) is 0. The summed E-state index contributed by atoms with van der Waals surface area (Å²) >= 11 is 11.9. The molecule has 1 aliphatic heterocycles. The van der Waals surface area contributed by atoms with Crippen LogP contribution < -0.4 is 0 Å². The fourth-order valence-electron chi connectivity index (χ4n) is 1.93. The third-order valence-electron chi connectivity index (χ3n) is 2.72. The second-order valence-corrected chi connectivity index (χ2v) is 4.98. The average Bonchev–Trinajstić information content (AvgIpc) is 2.24. The van der Waals surface area contributed by atoms with Crippen molar-refractivity contribution in [2.45, 2.75) is 19.6 Å². The quantitative estimate of drug-likeness (QED) is 0.809. The maximum atomic E-state index is 5.99. The molecule has 1 aromatic carbocycles. The lowest BCUT2D eigenvalue weighted by Gasteiger charge is -2.31. The summed E-state index contributed by atoms with van der Waals surface area (Å²) in [5.41, 5.74) is 1.20. The van der Waals surface area contributed by atoms with Gasteiger partial charge < -0.3 is 4.74 Å². The zero-order valence-corrected chi connectivity index (χ0v) is 10.8. The van der Waals surface area contributed by atoms with Crippen LogP contribution in [0.2, 0.25) is 10.0 Å². The van der Waals surface area contributed by atoms with Crippen LogP contribution in [0, 0.1) is 0 Å². The van der Waals surface area contributed by atoms with Crippen LogP contribution in [0.4, 0.5) is 0 Å². The van der Waals surface area contributed by atoms with Gasteiger partial charge in [0.2, 0.25) is 0 Å². The maximum absolute atomic E-state index is 5.99. The van der Waals surface area contributed by atoms with E-state index in [4.69, 9.17) is 27.9 Å². The first kappa shape index (κ1) is 12.2. The van der Waals surface area contributed by atoms with Crippen molar-refractivity contribution in [3.63, 3.8) is 0 Å². The highest BCUT2D eigenvalue weighted by Gasteiger charge is 2.16. The number of ether oxygens (including phenoxy) is 1. The number of hydrogen-bond acceptors (Lipinski definition) is 2.